The second-order valence-electron chi connectivity index (χ2n) is 5.35. The highest BCUT2D eigenvalue weighted by molar-refractivity contribution is 5.96. The largest absolute Gasteiger partial charge is 0.388 e. The molecule has 3 heteroatoms. The third-order valence-electron chi connectivity index (χ3n) is 3.55. The highest BCUT2D eigenvalue weighted by Gasteiger charge is 2.28. The molecule has 18 heavy (non-hydrogen) atoms. The smallest absolute Gasteiger partial charge is 0.162 e. The molecule has 1 aliphatic rings. The molecule has 1 unspecified atom stereocenters. The molecule has 0 radical (unpaired) electrons. The van der Waals surface area contributed by atoms with Crippen molar-refractivity contribution < 1.29 is 9.90 Å². The lowest BCUT2D eigenvalue weighted by molar-refractivity contribution is 0.0449. The van der Waals surface area contributed by atoms with E-state index in [1.807, 2.05) is 38.1 Å². The summed E-state index contributed by atoms with van der Waals surface area (Å²) < 4.78 is 0. The highest BCUT2D eigenvalue weighted by Crippen LogP contribution is 2.25. The van der Waals surface area contributed by atoms with E-state index in [1.165, 1.54) is 0 Å². The molecule has 0 saturated carbocycles. The van der Waals surface area contributed by atoms with E-state index in [-0.39, 0.29) is 5.78 Å². The zero-order chi connectivity index (χ0) is 13.2. The van der Waals surface area contributed by atoms with Crippen LogP contribution in [0.15, 0.2) is 24.3 Å². The summed E-state index contributed by atoms with van der Waals surface area (Å²) in [6.45, 7) is 5.39. The Morgan fingerprint density at radius 2 is 2.06 bits per heavy atom. The first kappa shape index (κ1) is 13.1. The summed E-state index contributed by atoms with van der Waals surface area (Å²) in [4.78, 5) is 13.7. The molecule has 0 aliphatic carbocycles. The van der Waals surface area contributed by atoms with Crippen LogP contribution in [0, 0.1) is 0 Å². The van der Waals surface area contributed by atoms with Crippen LogP contribution in [0.4, 0.5) is 5.69 Å². The van der Waals surface area contributed by atoms with E-state index < -0.39 is 5.60 Å². The molecule has 1 N–H and O–H groups in total. The van der Waals surface area contributed by atoms with Crippen LogP contribution in [0.3, 0.4) is 0 Å². The van der Waals surface area contributed by atoms with Crippen molar-refractivity contribution >= 4 is 11.5 Å². The van der Waals surface area contributed by atoms with Gasteiger partial charge in [-0.15, -0.1) is 0 Å². The Morgan fingerprint density at radius 1 is 1.39 bits per heavy atom. The Kier molecular flexibility index (Phi) is 3.71. The number of anilines is 1. The third-order valence-corrected chi connectivity index (χ3v) is 3.55. The molecule has 1 aromatic rings. The number of β-amino-alcohol motifs (C(OH)–C–C–N with tert-alkyl or cyclic N) is 1. The number of ketones is 1. The Morgan fingerprint density at radius 3 is 2.61 bits per heavy atom. The van der Waals surface area contributed by atoms with E-state index in [0.717, 1.165) is 30.6 Å². The number of carbonyl (C=O) groups is 1. The zero-order valence-electron chi connectivity index (χ0n) is 11.1. The Labute approximate surface area is 108 Å². The molecule has 0 bridgehead atoms. The van der Waals surface area contributed by atoms with Gasteiger partial charge in [0, 0.05) is 30.8 Å². The summed E-state index contributed by atoms with van der Waals surface area (Å²) in [7, 11) is 0. The fraction of sp³-hybridized carbons (Fsp3) is 0.533. The van der Waals surface area contributed by atoms with Crippen molar-refractivity contribution in [3.8, 4) is 0 Å². The minimum absolute atomic E-state index is 0.173. The first-order valence-electron chi connectivity index (χ1n) is 6.62. The Bertz CT molecular complexity index is 423. The number of aliphatic hydroxyl groups is 1. The van der Waals surface area contributed by atoms with E-state index in [4.69, 9.17) is 0 Å². The number of Topliss-reactive ketones (excluding diaryl/α,β-unsaturated/α-hetero) is 1. The van der Waals surface area contributed by atoms with Gasteiger partial charge < -0.3 is 10.0 Å². The molecule has 1 aromatic carbocycles. The quantitative estimate of drug-likeness (QED) is 0.835. The summed E-state index contributed by atoms with van der Waals surface area (Å²) in [5, 5.41) is 10.1. The van der Waals surface area contributed by atoms with Crippen molar-refractivity contribution in [3.63, 3.8) is 0 Å². The number of hydrogen-bond acceptors (Lipinski definition) is 3. The summed E-state index contributed by atoms with van der Waals surface area (Å²) in [5.41, 5.74) is 1.25. The van der Waals surface area contributed by atoms with Crippen LogP contribution < -0.4 is 4.90 Å². The monoisotopic (exact) mass is 247 g/mol. The van der Waals surface area contributed by atoms with Gasteiger partial charge in [-0.05, 0) is 44.0 Å². The fourth-order valence-electron chi connectivity index (χ4n) is 2.50. The topological polar surface area (TPSA) is 40.5 Å². The molecule has 1 heterocycles. The first-order valence-corrected chi connectivity index (χ1v) is 6.62. The molecule has 98 valence electrons. The van der Waals surface area contributed by atoms with E-state index in [2.05, 4.69) is 4.90 Å². The van der Waals surface area contributed by atoms with Crippen molar-refractivity contribution in [1.82, 2.24) is 0 Å². The predicted molar refractivity (Wildman–Crippen MR) is 73.1 cm³/mol. The SMILES string of the molecule is CCC(=O)c1ccc(N2CCCC(C)(O)C2)cc1. The van der Waals surface area contributed by atoms with Crippen LogP contribution in [0.25, 0.3) is 0 Å². The van der Waals surface area contributed by atoms with Gasteiger partial charge in [0.15, 0.2) is 5.78 Å². The average Bonchev–Trinajstić information content (AvgIpc) is 2.37. The van der Waals surface area contributed by atoms with Gasteiger partial charge >= 0.3 is 0 Å². The molecule has 0 amide bonds. The van der Waals surface area contributed by atoms with Crippen LogP contribution in [0.5, 0.6) is 0 Å². The molecular formula is C15H21NO2. The van der Waals surface area contributed by atoms with E-state index >= 15 is 0 Å². The maximum absolute atomic E-state index is 11.6. The average molecular weight is 247 g/mol. The standard InChI is InChI=1S/C15H21NO2/c1-3-14(17)12-5-7-13(8-6-12)16-10-4-9-15(2,18)11-16/h5-8,18H,3-4,9-11H2,1-2H3. The number of hydrogen-bond donors (Lipinski definition) is 1. The lowest BCUT2D eigenvalue weighted by atomic mass is 9.94. The number of rotatable bonds is 3. The summed E-state index contributed by atoms with van der Waals surface area (Å²) in [6.07, 6.45) is 2.40. The number of nitrogens with zero attached hydrogens (tertiary/aromatic N) is 1. The lowest BCUT2D eigenvalue weighted by Gasteiger charge is -2.38. The second-order valence-corrected chi connectivity index (χ2v) is 5.35. The van der Waals surface area contributed by atoms with Gasteiger partial charge in [0.1, 0.15) is 0 Å². The molecule has 3 nitrogen and oxygen atoms in total. The summed E-state index contributed by atoms with van der Waals surface area (Å²) >= 11 is 0. The molecule has 2 rings (SSSR count). The molecule has 1 saturated heterocycles. The van der Waals surface area contributed by atoms with E-state index in [0.29, 0.717) is 13.0 Å². The normalized spacial score (nSPS) is 24.1. The highest BCUT2D eigenvalue weighted by atomic mass is 16.3. The zero-order valence-corrected chi connectivity index (χ0v) is 11.1. The van der Waals surface area contributed by atoms with E-state index in [9.17, 15) is 9.90 Å². The van der Waals surface area contributed by atoms with Gasteiger partial charge in [0.05, 0.1) is 5.60 Å². The van der Waals surface area contributed by atoms with Crippen LogP contribution in [0.1, 0.15) is 43.5 Å². The maximum atomic E-state index is 11.6. The fourth-order valence-corrected chi connectivity index (χ4v) is 2.50. The molecule has 1 aliphatic heterocycles. The molecule has 0 spiro atoms. The van der Waals surface area contributed by atoms with Gasteiger partial charge in [-0.1, -0.05) is 6.92 Å². The molecular weight excluding hydrogens is 226 g/mol. The van der Waals surface area contributed by atoms with Crippen molar-refractivity contribution in [2.75, 3.05) is 18.0 Å². The predicted octanol–water partition coefficient (Wildman–Crippen LogP) is 2.63. The number of benzene rings is 1. The van der Waals surface area contributed by atoms with Gasteiger partial charge in [0.2, 0.25) is 0 Å². The van der Waals surface area contributed by atoms with Crippen molar-refractivity contribution in [2.45, 2.75) is 38.7 Å². The minimum atomic E-state index is -0.601. The first-order chi connectivity index (χ1) is 8.52. The van der Waals surface area contributed by atoms with Crippen LogP contribution in [-0.2, 0) is 0 Å². The molecule has 0 aromatic heterocycles. The summed E-state index contributed by atoms with van der Waals surface area (Å²) in [5.74, 6) is 0.173. The van der Waals surface area contributed by atoms with Crippen molar-refractivity contribution in [3.05, 3.63) is 29.8 Å². The minimum Gasteiger partial charge on any atom is -0.388 e. The molecule has 1 fully saturated rings. The second kappa shape index (κ2) is 5.11. The number of carbonyl (C=O) groups excluding carboxylic acids is 1. The van der Waals surface area contributed by atoms with Crippen LogP contribution in [0.2, 0.25) is 0 Å². The van der Waals surface area contributed by atoms with Crippen LogP contribution in [-0.4, -0.2) is 29.6 Å². The number of piperidine rings is 1. The van der Waals surface area contributed by atoms with Gasteiger partial charge in [0.25, 0.3) is 0 Å². The van der Waals surface area contributed by atoms with Crippen molar-refractivity contribution in [2.24, 2.45) is 0 Å². The van der Waals surface area contributed by atoms with Gasteiger partial charge in [-0.3, -0.25) is 4.79 Å². The van der Waals surface area contributed by atoms with E-state index in [1.54, 1.807) is 0 Å². The maximum Gasteiger partial charge on any atom is 0.162 e. The lowest BCUT2D eigenvalue weighted by Crippen LogP contribution is -2.46. The van der Waals surface area contributed by atoms with Gasteiger partial charge in [-0.25, -0.2) is 0 Å². The Hall–Kier alpha value is -1.35. The van der Waals surface area contributed by atoms with Crippen molar-refractivity contribution in [1.29, 1.82) is 0 Å². The summed E-state index contributed by atoms with van der Waals surface area (Å²) in [6, 6.07) is 7.71. The molecule has 1 atom stereocenters. The van der Waals surface area contributed by atoms with Gasteiger partial charge in [-0.2, -0.15) is 0 Å². The van der Waals surface area contributed by atoms with Crippen LogP contribution >= 0.6 is 0 Å². The third kappa shape index (κ3) is 2.91. The Balaban J connectivity index is 2.12.